The molecule has 0 unspecified atom stereocenters. The van der Waals surface area contributed by atoms with Crippen molar-refractivity contribution in [1.29, 1.82) is 0 Å². The van der Waals surface area contributed by atoms with Crippen molar-refractivity contribution >= 4 is 11.6 Å². The van der Waals surface area contributed by atoms with E-state index in [9.17, 15) is 0 Å². The predicted molar refractivity (Wildman–Crippen MR) is 127 cm³/mol. The molecule has 2 aliphatic rings. The van der Waals surface area contributed by atoms with Gasteiger partial charge >= 0.3 is 0 Å². The van der Waals surface area contributed by atoms with Crippen LogP contribution in [0.1, 0.15) is 24.5 Å². The van der Waals surface area contributed by atoms with Gasteiger partial charge in [-0.15, -0.1) is 10.2 Å². The standard InChI is InChI=1S/C23H36N8O/c1-19-27-28-22(29(19)2)18-25-23(24-10-13-30-14-16-32-17-15-30)26-20-8-11-31(12-9-20)21-6-4-3-5-7-21/h3-7,20H,8-18H2,1-2H3,(H2,24,25,26). The Morgan fingerprint density at radius 1 is 1.09 bits per heavy atom. The van der Waals surface area contributed by atoms with Gasteiger partial charge in [0.25, 0.3) is 0 Å². The van der Waals surface area contributed by atoms with Crippen molar-refractivity contribution in [2.75, 3.05) is 57.4 Å². The Morgan fingerprint density at radius 2 is 1.84 bits per heavy atom. The molecule has 9 nitrogen and oxygen atoms in total. The van der Waals surface area contributed by atoms with Crippen molar-refractivity contribution in [3.8, 4) is 0 Å². The Balaban J connectivity index is 1.32. The molecule has 0 atom stereocenters. The minimum absolute atomic E-state index is 0.408. The van der Waals surface area contributed by atoms with E-state index in [0.29, 0.717) is 12.6 Å². The van der Waals surface area contributed by atoms with Crippen LogP contribution in [-0.4, -0.2) is 84.1 Å². The average molecular weight is 441 g/mol. The lowest BCUT2D eigenvalue weighted by molar-refractivity contribution is 0.0389. The van der Waals surface area contributed by atoms with Crippen LogP contribution in [0, 0.1) is 6.92 Å². The van der Waals surface area contributed by atoms with Gasteiger partial charge in [0, 0.05) is 58.0 Å². The molecule has 4 rings (SSSR count). The van der Waals surface area contributed by atoms with Gasteiger partial charge in [-0.25, -0.2) is 4.99 Å². The lowest BCUT2D eigenvalue weighted by Gasteiger charge is -2.34. The molecule has 2 N–H and O–H groups in total. The number of morpholine rings is 1. The number of aromatic nitrogens is 3. The fourth-order valence-electron chi connectivity index (χ4n) is 4.16. The molecular formula is C23H36N8O. The van der Waals surface area contributed by atoms with E-state index in [0.717, 1.165) is 82.9 Å². The number of hydrogen-bond acceptors (Lipinski definition) is 6. The first-order valence-electron chi connectivity index (χ1n) is 11.7. The lowest BCUT2D eigenvalue weighted by atomic mass is 10.0. The third-order valence-electron chi connectivity index (χ3n) is 6.34. The number of rotatable bonds is 7. The molecule has 2 fully saturated rings. The Labute approximate surface area is 190 Å². The summed E-state index contributed by atoms with van der Waals surface area (Å²) >= 11 is 0. The number of aryl methyl sites for hydroxylation is 1. The number of para-hydroxylation sites is 1. The molecule has 1 aromatic heterocycles. The summed E-state index contributed by atoms with van der Waals surface area (Å²) in [6, 6.07) is 11.1. The van der Waals surface area contributed by atoms with Crippen LogP contribution in [0.3, 0.4) is 0 Å². The van der Waals surface area contributed by atoms with Crippen LogP contribution in [0.15, 0.2) is 35.3 Å². The number of piperidine rings is 1. The average Bonchev–Trinajstić information content (AvgIpc) is 3.16. The summed E-state index contributed by atoms with van der Waals surface area (Å²) in [6.45, 7) is 10.0. The Hall–Kier alpha value is -2.65. The molecule has 0 amide bonds. The predicted octanol–water partition coefficient (Wildman–Crippen LogP) is 1.16. The third kappa shape index (κ3) is 6.20. The summed E-state index contributed by atoms with van der Waals surface area (Å²) in [5, 5.41) is 15.6. The maximum Gasteiger partial charge on any atom is 0.191 e. The third-order valence-corrected chi connectivity index (χ3v) is 6.34. The van der Waals surface area contributed by atoms with Crippen LogP contribution >= 0.6 is 0 Å². The highest BCUT2D eigenvalue weighted by molar-refractivity contribution is 5.80. The largest absolute Gasteiger partial charge is 0.379 e. The number of hydrogen-bond donors (Lipinski definition) is 2. The van der Waals surface area contributed by atoms with Gasteiger partial charge < -0.3 is 24.8 Å². The Morgan fingerprint density at radius 3 is 2.53 bits per heavy atom. The summed E-state index contributed by atoms with van der Waals surface area (Å²) in [7, 11) is 1.98. The van der Waals surface area contributed by atoms with E-state index >= 15 is 0 Å². The van der Waals surface area contributed by atoms with Crippen LogP contribution in [0.25, 0.3) is 0 Å². The number of guanidine groups is 1. The number of benzene rings is 1. The molecule has 0 bridgehead atoms. The maximum absolute atomic E-state index is 5.45. The van der Waals surface area contributed by atoms with Crippen molar-refractivity contribution in [2.24, 2.45) is 12.0 Å². The first-order valence-corrected chi connectivity index (χ1v) is 11.7. The summed E-state index contributed by atoms with van der Waals surface area (Å²) in [4.78, 5) is 9.73. The van der Waals surface area contributed by atoms with E-state index in [1.807, 2.05) is 18.5 Å². The summed E-state index contributed by atoms with van der Waals surface area (Å²) in [5.74, 6) is 2.63. The fraction of sp³-hybridized carbons (Fsp3) is 0.609. The van der Waals surface area contributed by atoms with Crippen molar-refractivity contribution < 1.29 is 4.74 Å². The molecule has 0 saturated carbocycles. The second-order valence-corrected chi connectivity index (χ2v) is 8.51. The highest BCUT2D eigenvalue weighted by Gasteiger charge is 2.20. The first-order chi connectivity index (χ1) is 15.7. The second-order valence-electron chi connectivity index (χ2n) is 8.51. The highest BCUT2D eigenvalue weighted by Crippen LogP contribution is 2.19. The molecule has 32 heavy (non-hydrogen) atoms. The molecule has 2 saturated heterocycles. The Kier molecular flexibility index (Phi) is 7.95. The normalized spacial score (nSPS) is 18.7. The minimum atomic E-state index is 0.408. The summed E-state index contributed by atoms with van der Waals surface area (Å²) < 4.78 is 7.44. The zero-order valence-corrected chi connectivity index (χ0v) is 19.3. The van der Waals surface area contributed by atoms with Crippen LogP contribution in [-0.2, 0) is 18.3 Å². The smallest absolute Gasteiger partial charge is 0.191 e. The van der Waals surface area contributed by atoms with Gasteiger partial charge in [0.2, 0.25) is 0 Å². The van der Waals surface area contributed by atoms with Gasteiger partial charge in [0.15, 0.2) is 11.8 Å². The molecule has 9 heteroatoms. The van der Waals surface area contributed by atoms with Gasteiger partial charge in [-0.05, 0) is 31.9 Å². The number of nitrogens with zero attached hydrogens (tertiary/aromatic N) is 6. The van der Waals surface area contributed by atoms with E-state index < -0.39 is 0 Å². The molecule has 1 aromatic carbocycles. The van der Waals surface area contributed by atoms with Gasteiger partial charge in [-0.1, -0.05) is 18.2 Å². The van der Waals surface area contributed by atoms with Gasteiger partial charge in [-0.3, -0.25) is 4.90 Å². The number of aliphatic imine (C=N–C) groups is 1. The van der Waals surface area contributed by atoms with Crippen LogP contribution in [0.4, 0.5) is 5.69 Å². The van der Waals surface area contributed by atoms with Crippen molar-refractivity contribution in [3.05, 3.63) is 42.0 Å². The molecule has 174 valence electrons. The van der Waals surface area contributed by atoms with Crippen molar-refractivity contribution in [3.63, 3.8) is 0 Å². The van der Waals surface area contributed by atoms with E-state index in [2.05, 4.69) is 61.0 Å². The van der Waals surface area contributed by atoms with Crippen LogP contribution in [0.5, 0.6) is 0 Å². The van der Waals surface area contributed by atoms with Crippen molar-refractivity contribution in [1.82, 2.24) is 30.3 Å². The number of nitrogens with one attached hydrogen (secondary N) is 2. The van der Waals surface area contributed by atoms with Crippen LogP contribution in [0.2, 0.25) is 0 Å². The second kappa shape index (κ2) is 11.3. The topological polar surface area (TPSA) is 82.8 Å². The fourth-order valence-corrected chi connectivity index (χ4v) is 4.16. The lowest BCUT2D eigenvalue weighted by Crippen LogP contribution is -2.50. The zero-order chi connectivity index (χ0) is 22.2. The summed E-state index contributed by atoms with van der Waals surface area (Å²) in [5.41, 5.74) is 1.31. The summed E-state index contributed by atoms with van der Waals surface area (Å²) in [6.07, 6.45) is 2.17. The number of anilines is 1. The zero-order valence-electron chi connectivity index (χ0n) is 19.3. The molecule has 2 aromatic rings. The maximum atomic E-state index is 5.45. The van der Waals surface area contributed by atoms with E-state index in [1.165, 1.54) is 5.69 Å². The quantitative estimate of drug-likeness (QED) is 0.494. The SMILES string of the molecule is Cc1nnc(CN=C(NCCN2CCOCC2)NC2CCN(c3ccccc3)CC2)n1C. The van der Waals surface area contributed by atoms with Gasteiger partial charge in [0.1, 0.15) is 12.4 Å². The van der Waals surface area contributed by atoms with E-state index in [1.54, 1.807) is 0 Å². The van der Waals surface area contributed by atoms with Crippen LogP contribution < -0.4 is 15.5 Å². The van der Waals surface area contributed by atoms with Gasteiger partial charge in [-0.2, -0.15) is 0 Å². The molecule has 0 spiro atoms. The monoisotopic (exact) mass is 440 g/mol. The molecule has 2 aliphatic heterocycles. The molecule has 0 aliphatic carbocycles. The molecule has 3 heterocycles. The van der Waals surface area contributed by atoms with E-state index in [-0.39, 0.29) is 0 Å². The Bertz CT molecular complexity index is 854. The highest BCUT2D eigenvalue weighted by atomic mass is 16.5. The molecular weight excluding hydrogens is 404 g/mol. The molecule has 0 radical (unpaired) electrons. The van der Waals surface area contributed by atoms with Crippen molar-refractivity contribution in [2.45, 2.75) is 32.4 Å². The van der Waals surface area contributed by atoms with E-state index in [4.69, 9.17) is 9.73 Å². The number of ether oxygens (including phenoxy) is 1. The first kappa shape index (κ1) is 22.5. The minimum Gasteiger partial charge on any atom is -0.379 e. The van der Waals surface area contributed by atoms with Gasteiger partial charge in [0.05, 0.1) is 13.2 Å².